The van der Waals surface area contributed by atoms with E-state index in [4.69, 9.17) is 0 Å². The highest BCUT2D eigenvalue weighted by molar-refractivity contribution is 5.93. The number of aromatic amines is 1. The lowest BCUT2D eigenvalue weighted by molar-refractivity contribution is 0.0941. The molecule has 0 saturated heterocycles. The molecular weight excluding hydrogens is 309 g/mol. The van der Waals surface area contributed by atoms with Crippen LogP contribution < -0.4 is 10.6 Å². The summed E-state index contributed by atoms with van der Waals surface area (Å²) in [5.41, 5.74) is 4.33. The quantitative estimate of drug-likeness (QED) is 0.684. The first-order chi connectivity index (χ1) is 11.6. The molecule has 3 N–H and O–H groups in total. The lowest BCUT2D eigenvalue weighted by Crippen LogP contribution is -2.26. The molecule has 0 unspecified atom stereocenters. The van der Waals surface area contributed by atoms with Crippen LogP contribution in [0.15, 0.2) is 24.3 Å². The maximum atomic E-state index is 13.2. The van der Waals surface area contributed by atoms with Crippen molar-refractivity contribution in [3.8, 4) is 0 Å². The van der Waals surface area contributed by atoms with E-state index in [1.54, 1.807) is 6.07 Å². The number of halogens is 1. The van der Waals surface area contributed by atoms with Crippen LogP contribution in [0, 0.1) is 5.82 Å². The summed E-state index contributed by atoms with van der Waals surface area (Å²) < 4.78 is 15.2. The fourth-order valence-electron chi connectivity index (χ4n) is 3.21. The minimum Gasteiger partial charge on any atom is -0.344 e. The fraction of sp³-hybridized carbons (Fsp3) is 0.294. The number of nitrogens with zero attached hydrogens (tertiary/aromatic N) is 2. The van der Waals surface area contributed by atoms with Gasteiger partial charge in [0.2, 0.25) is 0 Å². The van der Waals surface area contributed by atoms with Crippen molar-refractivity contribution in [2.45, 2.75) is 19.5 Å². The standard InChI is InChI=1S/C17H18FN5O/c1-23-14-4-5-19-8-10(14)6-15(23)17(24)20-9-16-21-12-3-2-11(18)7-13(12)22-16/h2-3,6-7,19H,4-5,8-9H2,1H3,(H,20,24)(H,21,22). The lowest BCUT2D eigenvalue weighted by Gasteiger charge is -2.14. The minimum absolute atomic E-state index is 0.140. The first kappa shape index (κ1) is 14.9. The van der Waals surface area contributed by atoms with E-state index in [-0.39, 0.29) is 18.3 Å². The first-order valence-corrected chi connectivity index (χ1v) is 7.92. The Balaban J connectivity index is 1.50. The summed E-state index contributed by atoms with van der Waals surface area (Å²) in [6.45, 7) is 2.00. The van der Waals surface area contributed by atoms with Crippen LogP contribution in [0.25, 0.3) is 11.0 Å². The second kappa shape index (κ2) is 5.76. The molecule has 6 nitrogen and oxygen atoms in total. The van der Waals surface area contributed by atoms with Gasteiger partial charge < -0.3 is 20.2 Å². The van der Waals surface area contributed by atoms with Crippen molar-refractivity contribution in [1.82, 2.24) is 25.2 Å². The Morgan fingerprint density at radius 3 is 3.12 bits per heavy atom. The molecule has 3 aromatic rings. The van der Waals surface area contributed by atoms with E-state index >= 15 is 0 Å². The number of imidazole rings is 1. The summed E-state index contributed by atoms with van der Waals surface area (Å²) in [5.74, 6) is 0.146. The molecule has 1 aliphatic rings. The number of nitrogens with one attached hydrogen (secondary N) is 3. The van der Waals surface area contributed by atoms with Gasteiger partial charge >= 0.3 is 0 Å². The Labute approximate surface area is 138 Å². The van der Waals surface area contributed by atoms with E-state index in [2.05, 4.69) is 20.6 Å². The smallest absolute Gasteiger partial charge is 0.268 e. The number of carbonyl (C=O) groups excluding carboxylic acids is 1. The van der Waals surface area contributed by atoms with E-state index in [0.717, 1.165) is 19.5 Å². The topological polar surface area (TPSA) is 74.7 Å². The molecule has 3 heterocycles. The van der Waals surface area contributed by atoms with Crippen LogP contribution in [-0.2, 0) is 26.6 Å². The Bertz CT molecular complexity index is 927. The molecule has 1 aromatic carbocycles. The molecule has 124 valence electrons. The highest BCUT2D eigenvalue weighted by atomic mass is 19.1. The van der Waals surface area contributed by atoms with Crippen LogP contribution in [0.3, 0.4) is 0 Å². The normalized spacial score (nSPS) is 13.9. The molecule has 1 amide bonds. The predicted molar refractivity (Wildman–Crippen MR) is 88.0 cm³/mol. The van der Waals surface area contributed by atoms with Crippen molar-refractivity contribution in [3.63, 3.8) is 0 Å². The molecule has 1 aliphatic heterocycles. The van der Waals surface area contributed by atoms with Gasteiger partial charge in [0.25, 0.3) is 5.91 Å². The zero-order valence-corrected chi connectivity index (χ0v) is 13.3. The number of rotatable bonds is 3. The highest BCUT2D eigenvalue weighted by Gasteiger charge is 2.19. The van der Waals surface area contributed by atoms with Gasteiger partial charge in [-0.2, -0.15) is 0 Å². The molecule has 2 aromatic heterocycles. The summed E-state index contributed by atoms with van der Waals surface area (Å²) >= 11 is 0. The molecule has 0 fully saturated rings. The van der Waals surface area contributed by atoms with E-state index < -0.39 is 0 Å². The van der Waals surface area contributed by atoms with Crippen molar-refractivity contribution in [2.24, 2.45) is 7.05 Å². The number of benzene rings is 1. The van der Waals surface area contributed by atoms with E-state index in [0.29, 0.717) is 22.6 Å². The average Bonchev–Trinajstić information content (AvgIpc) is 3.13. The summed E-state index contributed by atoms with van der Waals surface area (Å²) in [4.78, 5) is 19.8. The van der Waals surface area contributed by atoms with Gasteiger partial charge in [0.15, 0.2) is 0 Å². The van der Waals surface area contributed by atoms with Gasteiger partial charge in [-0.15, -0.1) is 0 Å². The molecule has 4 rings (SSSR count). The lowest BCUT2D eigenvalue weighted by atomic mass is 10.1. The number of fused-ring (bicyclic) bond motifs is 2. The Hall–Kier alpha value is -2.67. The number of hydrogen-bond acceptors (Lipinski definition) is 3. The largest absolute Gasteiger partial charge is 0.344 e. The van der Waals surface area contributed by atoms with E-state index in [1.807, 2.05) is 17.7 Å². The van der Waals surface area contributed by atoms with Crippen molar-refractivity contribution >= 4 is 16.9 Å². The SMILES string of the molecule is Cn1c(C(=O)NCc2nc3ccc(F)cc3[nH]2)cc2c1CCNC2. The second-order valence-corrected chi connectivity index (χ2v) is 6.01. The van der Waals surface area contributed by atoms with Crippen molar-refractivity contribution in [3.05, 3.63) is 52.9 Å². The zero-order chi connectivity index (χ0) is 16.7. The summed E-state index contributed by atoms with van der Waals surface area (Å²) in [7, 11) is 1.92. The second-order valence-electron chi connectivity index (χ2n) is 6.01. The molecule has 7 heteroatoms. The van der Waals surface area contributed by atoms with Gasteiger partial charge in [0, 0.05) is 32.3 Å². The molecule has 24 heavy (non-hydrogen) atoms. The number of aromatic nitrogens is 3. The summed E-state index contributed by atoms with van der Waals surface area (Å²) in [5, 5.41) is 6.18. The van der Waals surface area contributed by atoms with Crippen LogP contribution in [0.4, 0.5) is 4.39 Å². The van der Waals surface area contributed by atoms with Gasteiger partial charge in [-0.3, -0.25) is 4.79 Å². The number of amides is 1. The van der Waals surface area contributed by atoms with Gasteiger partial charge in [-0.1, -0.05) is 0 Å². The fourth-order valence-corrected chi connectivity index (χ4v) is 3.21. The summed E-state index contributed by atoms with van der Waals surface area (Å²) in [6.07, 6.45) is 0.925. The van der Waals surface area contributed by atoms with Gasteiger partial charge in [0.05, 0.1) is 17.6 Å². The predicted octanol–water partition coefficient (Wildman–Crippen LogP) is 1.62. The van der Waals surface area contributed by atoms with Crippen LogP contribution in [0.1, 0.15) is 27.6 Å². The maximum Gasteiger partial charge on any atom is 0.268 e. The monoisotopic (exact) mass is 327 g/mol. The molecule has 0 radical (unpaired) electrons. The molecular formula is C17H18FN5O. The first-order valence-electron chi connectivity index (χ1n) is 7.92. The van der Waals surface area contributed by atoms with Crippen molar-refractivity contribution in [1.29, 1.82) is 0 Å². The minimum atomic E-state index is -0.315. The Morgan fingerprint density at radius 1 is 1.42 bits per heavy atom. The molecule has 0 bridgehead atoms. The van der Waals surface area contributed by atoms with Crippen molar-refractivity contribution in [2.75, 3.05) is 6.54 Å². The number of hydrogen-bond donors (Lipinski definition) is 3. The third-order valence-corrected chi connectivity index (χ3v) is 4.44. The van der Waals surface area contributed by atoms with Crippen molar-refractivity contribution < 1.29 is 9.18 Å². The molecule has 0 atom stereocenters. The number of carbonyl (C=O) groups is 1. The van der Waals surface area contributed by atoms with Crippen LogP contribution in [0.5, 0.6) is 0 Å². The average molecular weight is 327 g/mol. The third kappa shape index (κ3) is 2.56. The van der Waals surface area contributed by atoms with Crippen LogP contribution >= 0.6 is 0 Å². The third-order valence-electron chi connectivity index (χ3n) is 4.44. The van der Waals surface area contributed by atoms with Crippen LogP contribution in [-0.4, -0.2) is 27.0 Å². The molecule has 0 aliphatic carbocycles. The zero-order valence-electron chi connectivity index (χ0n) is 13.3. The molecule has 0 spiro atoms. The maximum absolute atomic E-state index is 13.2. The Morgan fingerprint density at radius 2 is 2.29 bits per heavy atom. The van der Waals surface area contributed by atoms with Gasteiger partial charge in [-0.25, -0.2) is 9.37 Å². The molecule has 0 saturated carbocycles. The van der Waals surface area contributed by atoms with Crippen LogP contribution in [0.2, 0.25) is 0 Å². The van der Waals surface area contributed by atoms with Gasteiger partial charge in [0.1, 0.15) is 17.3 Å². The highest BCUT2D eigenvalue weighted by Crippen LogP contribution is 2.18. The number of H-pyrrole nitrogens is 1. The van der Waals surface area contributed by atoms with E-state index in [1.165, 1.54) is 23.4 Å². The van der Waals surface area contributed by atoms with Gasteiger partial charge in [-0.05, 0) is 29.8 Å². The van der Waals surface area contributed by atoms with E-state index in [9.17, 15) is 9.18 Å². The summed E-state index contributed by atoms with van der Waals surface area (Å²) in [6, 6.07) is 6.32. The Kier molecular flexibility index (Phi) is 3.57.